The quantitative estimate of drug-likeness (QED) is 0.824. The maximum absolute atomic E-state index is 6.12. The fourth-order valence-electron chi connectivity index (χ4n) is 1.50. The molecule has 1 N–H and O–H groups in total. The van der Waals surface area contributed by atoms with Crippen LogP contribution < -0.4 is 5.32 Å². The van der Waals surface area contributed by atoms with E-state index in [0.717, 1.165) is 16.3 Å². The van der Waals surface area contributed by atoms with E-state index in [9.17, 15) is 0 Å². The minimum atomic E-state index is 0.230. The van der Waals surface area contributed by atoms with Gasteiger partial charge in [-0.2, -0.15) is 11.3 Å². The van der Waals surface area contributed by atoms with Crippen LogP contribution in [0.1, 0.15) is 18.5 Å². The van der Waals surface area contributed by atoms with Crippen molar-refractivity contribution in [3.8, 4) is 0 Å². The van der Waals surface area contributed by atoms with Gasteiger partial charge in [-0.1, -0.05) is 29.8 Å². The average Bonchev–Trinajstić information content (AvgIpc) is 2.71. The Labute approximate surface area is 98.7 Å². The van der Waals surface area contributed by atoms with E-state index < -0.39 is 0 Å². The predicted molar refractivity (Wildman–Crippen MR) is 67.8 cm³/mol. The van der Waals surface area contributed by atoms with Crippen LogP contribution in [0.5, 0.6) is 0 Å². The highest BCUT2D eigenvalue weighted by atomic mass is 35.5. The second-order valence-corrected chi connectivity index (χ2v) is 4.59. The molecule has 2 rings (SSSR count). The molecule has 1 aromatic heterocycles. The summed E-state index contributed by atoms with van der Waals surface area (Å²) in [5.41, 5.74) is 2.28. The molecule has 1 nitrogen and oxygen atoms in total. The molecule has 0 fully saturated rings. The van der Waals surface area contributed by atoms with Crippen molar-refractivity contribution < 1.29 is 0 Å². The first-order valence-corrected chi connectivity index (χ1v) is 6.12. The largest absolute Gasteiger partial charge is 0.378 e. The second-order valence-electron chi connectivity index (χ2n) is 3.40. The molecule has 1 unspecified atom stereocenters. The lowest BCUT2D eigenvalue weighted by Crippen LogP contribution is -2.06. The van der Waals surface area contributed by atoms with Crippen molar-refractivity contribution in [3.05, 3.63) is 51.7 Å². The van der Waals surface area contributed by atoms with E-state index in [0.29, 0.717) is 0 Å². The van der Waals surface area contributed by atoms with Crippen molar-refractivity contribution in [2.45, 2.75) is 13.0 Å². The molecule has 0 radical (unpaired) electrons. The van der Waals surface area contributed by atoms with Crippen LogP contribution in [0.25, 0.3) is 0 Å². The molecule has 0 amide bonds. The minimum Gasteiger partial charge on any atom is -0.378 e. The Kier molecular flexibility index (Phi) is 3.29. The number of halogens is 1. The number of hydrogen-bond donors (Lipinski definition) is 1. The number of nitrogens with one attached hydrogen (secondary N) is 1. The van der Waals surface area contributed by atoms with Gasteiger partial charge in [0.15, 0.2) is 0 Å². The Hall–Kier alpha value is -0.990. The fraction of sp³-hybridized carbons (Fsp3) is 0.167. The van der Waals surface area contributed by atoms with Crippen molar-refractivity contribution in [1.82, 2.24) is 0 Å². The highest BCUT2D eigenvalue weighted by Gasteiger charge is 2.08. The molecule has 0 spiro atoms. The second kappa shape index (κ2) is 4.69. The summed E-state index contributed by atoms with van der Waals surface area (Å²) >= 11 is 7.81. The molecule has 1 heterocycles. The van der Waals surface area contributed by atoms with Crippen LogP contribution in [0.3, 0.4) is 0 Å². The van der Waals surface area contributed by atoms with Crippen LogP contribution in [0, 0.1) is 0 Å². The van der Waals surface area contributed by atoms with Gasteiger partial charge in [0.05, 0.1) is 6.04 Å². The van der Waals surface area contributed by atoms with Crippen LogP contribution in [0.15, 0.2) is 41.1 Å². The highest BCUT2D eigenvalue weighted by Crippen LogP contribution is 2.26. The summed E-state index contributed by atoms with van der Waals surface area (Å²) in [4.78, 5) is 0. The molecule has 0 saturated heterocycles. The third-order valence-electron chi connectivity index (χ3n) is 2.28. The van der Waals surface area contributed by atoms with E-state index in [4.69, 9.17) is 11.6 Å². The molecule has 1 aromatic carbocycles. The maximum atomic E-state index is 6.12. The Balaban J connectivity index is 2.15. The third-order valence-corrected chi connectivity index (χ3v) is 3.30. The van der Waals surface area contributed by atoms with Crippen molar-refractivity contribution in [2.24, 2.45) is 0 Å². The number of thiophene rings is 1. The summed E-state index contributed by atoms with van der Waals surface area (Å²) in [6, 6.07) is 10.2. The molecule has 0 aliphatic heterocycles. The van der Waals surface area contributed by atoms with Crippen molar-refractivity contribution in [1.29, 1.82) is 0 Å². The molecule has 78 valence electrons. The van der Waals surface area contributed by atoms with Gasteiger partial charge < -0.3 is 5.32 Å². The standard InChI is InChI=1S/C12H12ClNS/c1-9(14-10-6-7-15-8-10)11-4-2-3-5-12(11)13/h2-9,14H,1H3. The van der Waals surface area contributed by atoms with E-state index in [1.54, 1.807) is 11.3 Å². The smallest absolute Gasteiger partial charge is 0.0500 e. The lowest BCUT2D eigenvalue weighted by molar-refractivity contribution is 0.886. The topological polar surface area (TPSA) is 12.0 Å². The Morgan fingerprint density at radius 2 is 2.07 bits per heavy atom. The van der Waals surface area contributed by atoms with Crippen LogP contribution in [-0.4, -0.2) is 0 Å². The molecule has 0 bridgehead atoms. The molecule has 3 heteroatoms. The fourth-order valence-corrected chi connectivity index (χ4v) is 2.40. The van der Waals surface area contributed by atoms with Gasteiger partial charge >= 0.3 is 0 Å². The zero-order valence-electron chi connectivity index (χ0n) is 8.41. The molecule has 0 aliphatic rings. The van der Waals surface area contributed by atoms with Gasteiger partial charge in [0.2, 0.25) is 0 Å². The van der Waals surface area contributed by atoms with Crippen LogP contribution in [0.4, 0.5) is 5.69 Å². The lowest BCUT2D eigenvalue weighted by Gasteiger charge is -2.15. The van der Waals surface area contributed by atoms with E-state index >= 15 is 0 Å². The average molecular weight is 238 g/mol. The van der Waals surface area contributed by atoms with Gasteiger partial charge in [-0.05, 0) is 30.0 Å². The van der Waals surface area contributed by atoms with Gasteiger partial charge in [0.25, 0.3) is 0 Å². The SMILES string of the molecule is CC(Nc1ccsc1)c1ccccc1Cl. The van der Waals surface area contributed by atoms with Gasteiger partial charge in [-0.15, -0.1) is 0 Å². The number of benzene rings is 1. The first-order chi connectivity index (χ1) is 7.27. The Morgan fingerprint density at radius 3 is 2.73 bits per heavy atom. The Bertz CT molecular complexity index is 425. The predicted octanol–water partition coefficient (Wildman–Crippen LogP) is 4.57. The maximum Gasteiger partial charge on any atom is 0.0500 e. The Morgan fingerprint density at radius 1 is 1.27 bits per heavy atom. The molecule has 15 heavy (non-hydrogen) atoms. The molecular weight excluding hydrogens is 226 g/mol. The van der Waals surface area contributed by atoms with Gasteiger partial charge in [-0.25, -0.2) is 0 Å². The summed E-state index contributed by atoms with van der Waals surface area (Å²) in [5, 5.41) is 8.37. The summed E-state index contributed by atoms with van der Waals surface area (Å²) in [5.74, 6) is 0. The van der Waals surface area contributed by atoms with E-state index in [2.05, 4.69) is 29.1 Å². The van der Waals surface area contributed by atoms with E-state index in [1.807, 2.05) is 24.3 Å². The van der Waals surface area contributed by atoms with Crippen molar-refractivity contribution >= 4 is 28.6 Å². The number of rotatable bonds is 3. The first kappa shape index (κ1) is 10.5. The van der Waals surface area contributed by atoms with Crippen LogP contribution in [0.2, 0.25) is 5.02 Å². The summed E-state index contributed by atoms with van der Waals surface area (Å²) in [6.45, 7) is 2.11. The lowest BCUT2D eigenvalue weighted by atomic mass is 10.1. The molecule has 1 atom stereocenters. The summed E-state index contributed by atoms with van der Waals surface area (Å²) in [7, 11) is 0. The van der Waals surface area contributed by atoms with Crippen molar-refractivity contribution in [2.75, 3.05) is 5.32 Å². The van der Waals surface area contributed by atoms with Gasteiger partial charge in [-0.3, -0.25) is 0 Å². The minimum absolute atomic E-state index is 0.230. The summed E-state index contributed by atoms with van der Waals surface area (Å²) < 4.78 is 0. The van der Waals surface area contributed by atoms with E-state index in [-0.39, 0.29) is 6.04 Å². The molecular formula is C12H12ClNS. The monoisotopic (exact) mass is 237 g/mol. The number of anilines is 1. The normalized spacial score (nSPS) is 12.4. The molecule has 0 aliphatic carbocycles. The first-order valence-electron chi connectivity index (χ1n) is 4.80. The zero-order valence-corrected chi connectivity index (χ0v) is 9.98. The third kappa shape index (κ3) is 2.52. The van der Waals surface area contributed by atoms with Crippen LogP contribution >= 0.6 is 22.9 Å². The van der Waals surface area contributed by atoms with Gasteiger partial charge in [0, 0.05) is 16.1 Å². The number of hydrogen-bond acceptors (Lipinski definition) is 2. The molecule has 0 saturated carbocycles. The zero-order chi connectivity index (χ0) is 10.7. The van der Waals surface area contributed by atoms with Gasteiger partial charge in [0.1, 0.15) is 0 Å². The highest BCUT2D eigenvalue weighted by molar-refractivity contribution is 7.08. The van der Waals surface area contributed by atoms with Crippen molar-refractivity contribution in [3.63, 3.8) is 0 Å². The van der Waals surface area contributed by atoms with Crippen LogP contribution in [-0.2, 0) is 0 Å². The van der Waals surface area contributed by atoms with E-state index in [1.165, 1.54) is 0 Å². The molecule has 2 aromatic rings. The summed E-state index contributed by atoms with van der Waals surface area (Å²) in [6.07, 6.45) is 0.